The maximum absolute atomic E-state index is 12.0. The first-order valence-electron chi connectivity index (χ1n) is 8.85. The SMILES string of the molecule is COc1ccc2nc(SCC(=O)NCCCN(C)c3ccccc3)[nH]c2c1. The van der Waals surface area contributed by atoms with Crippen LogP contribution in [0.15, 0.2) is 53.7 Å². The predicted molar refractivity (Wildman–Crippen MR) is 111 cm³/mol. The minimum Gasteiger partial charge on any atom is -0.497 e. The van der Waals surface area contributed by atoms with Crippen LogP contribution in [0.4, 0.5) is 5.69 Å². The predicted octanol–water partition coefficient (Wildman–Crippen LogP) is 3.31. The van der Waals surface area contributed by atoms with Crippen LogP contribution in [0, 0.1) is 0 Å². The third-order valence-corrected chi connectivity index (χ3v) is 5.07. The maximum atomic E-state index is 12.0. The number of para-hydroxylation sites is 1. The van der Waals surface area contributed by atoms with Crippen LogP contribution >= 0.6 is 11.8 Å². The van der Waals surface area contributed by atoms with E-state index in [1.54, 1.807) is 7.11 Å². The van der Waals surface area contributed by atoms with Crippen LogP contribution in [0.2, 0.25) is 0 Å². The van der Waals surface area contributed by atoms with Gasteiger partial charge in [0.2, 0.25) is 5.91 Å². The number of thioether (sulfide) groups is 1. The fourth-order valence-corrected chi connectivity index (χ4v) is 3.42. The number of imidazole rings is 1. The lowest BCUT2D eigenvalue weighted by Gasteiger charge is -2.19. The first kappa shape index (κ1) is 19.1. The lowest BCUT2D eigenvalue weighted by atomic mass is 10.3. The summed E-state index contributed by atoms with van der Waals surface area (Å²) in [5.41, 5.74) is 2.95. The zero-order valence-electron chi connectivity index (χ0n) is 15.6. The number of rotatable bonds is 9. The van der Waals surface area contributed by atoms with Crippen molar-refractivity contribution in [1.29, 1.82) is 0 Å². The average molecular weight is 385 g/mol. The molecule has 3 rings (SSSR count). The van der Waals surface area contributed by atoms with Crippen LogP contribution in [0.3, 0.4) is 0 Å². The molecule has 0 aliphatic carbocycles. The highest BCUT2D eigenvalue weighted by molar-refractivity contribution is 7.99. The lowest BCUT2D eigenvalue weighted by Crippen LogP contribution is -2.29. The summed E-state index contributed by atoms with van der Waals surface area (Å²) in [6.07, 6.45) is 0.895. The molecule has 7 heteroatoms. The number of aromatic nitrogens is 2. The normalized spacial score (nSPS) is 10.7. The highest BCUT2D eigenvalue weighted by atomic mass is 32.2. The number of hydrogen-bond acceptors (Lipinski definition) is 5. The van der Waals surface area contributed by atoms with Gasteiger partial charge >= 0.3 is 0 Å². The second-order valence-corrected chi connectivity index (χ2v) is 7.14. The van der Waals surface area contributed by atoms with Gasteiger partial charge in [0.05, 0.1) is 23.9 Å². The summed E-state index contributed by atoms with van der Waals surface area (Å²) >= 11 is 1.40. The van der Waals surface area contributed by atoms with E-state index >= 15 is 0 Å². The molecule has 6 nitrogen and oxygen atoms in total. The summed E-state index contributed by atoms with van der Waals surface area (Å²) in [7, 11) is 3.69. The number of amides is 1. The van der Waals surface area contributed by atoms with Crippen LogP contribution in [0.1, 0.15) is 6.42 Å². The average Bonchev–Trinajstić information content (AvgIpc) is 3.12. The smallest absolute Gasteiger partial charge is 0.230 e. The number of carbonyl (C=O) groups excluding carboxylic acids is 1. The molecule has 1 heterocycles. The van der Waals surface area contributed by atoms with Crippen LogP contribution in [0.25, 0.3) is 11.0 Å². The molecule has 2 N–H and O–H groups in total. The van der Waals surface area contributed by atoms with E-state index in [-0.39, 0.29) is 5.91 Å². The van der Waals surface area contributed by atoms with Crippen molar-refractivity contribution < 1.29 is 9.53 Å². The topological polar surface area (TPSA) is 70.2 Å². The van der Waals surface area contributed by atoms with Crippen molar-refractivity contribution in [2.45, 2.75) is 11.6 Å². The van der Waals surface area contributed by atoms with E-state index in [4.69, 9.17) is 4.74 Å². The number of hydrogen-bond donors (Lipinski definition) is 2. The van der Waals surface area contributed by atoms with Gasteiger partial charge in [-0.05, 0) is 30.7 Å². The number of aromatic amines is 1. The number of benzene rings is 2. The Balaban J connectivity index is 1.38. The first-order valence-corrected chi connectivity index (χ1v) is 9.83. The molecule has 0 fully saturated rings. The van der Waals surface area contributed by atoms with Gasteiger partial charge in [0.25, 0.3) is 0 Å². The molecule has 3 aromatic rings. The standard InChI is InChI=1S/C20H24N4O2S/c1-24(15-7-4-3-5-8-15)12-6-11-21-19(25)14-27-20-22-17-10-9-16(26-2)13-18(17)23-20/h3-5,7-10,13H,6,11-12,14H2,1-2H3,(H,21,25)(H,22,23). The summed E-state index contributed by atoms with van der Waals surface area (Å²) in [5.74, 6) is 1.13. The number of nitrogens with zero attached hydrogens (tertiary/aromatic N) is 2. The van der Waals surface area contributed by atoms with Crippen molar-refractivity contribution >= 4 is 34.4 Å². The lowest BCUT2D eigenvalue weighted by molar-refractivity contribution is -0.118. The van der Waals surface area contributed by atoms with Crippen molar-refractivity contribution in [3.05, 3.63) is 48.5 Å². The molecule has 0 aliphatic heterocycles. The Bertz CT molecular complexity index is 882. The monoisotopic (exact) mass is 384 g/mol. The molecule has 2 aromatic carbocycles. The Morgan fingerprint density at radius 3 is 2.85 bits per heavy atom. The van der Waals surface area contributed by atoms with E-state index in [9.17, 15) is 4.79 Å². The van der Waals surface area contributed by atoms with E-state index in [0.717, 1.165) is 34.9 Å². The van der Waals surface area contributed by atoms with Gasteiger partial charge in [-0.1, -0.05) is 30.0 Å². The van der Waals surface area contributed by atoms with Crippen molar-refractivity contribution in [1.82, 2.24) is 15.3 Å². The third-order valence-electron chi connectivity index (χ3n) is 4.20. The highest BCUT2D eigenvalue weighted by Crippen LogP contribution is 2.22. The molecule has 0 spiro atoms. The minimum absolute atomic E-state index is 0.0143. The number of methoxy groups -OCH3 is 1. The molecule has 0 atom stereocenters. The summed E-state index contributed by atoms with van der Waals surface area (Å²) < 4.78 is 5.21. The van der Waals surface area contributed by atoms with E-state index in [1.165, 1.54) is 17.4 Å². The molecule has 27 heavy (non-hydrogen) atoms. The van der Waals surface area contributed by atoms with Gasteiger partial charge < -0.3 is 19.9 Å². The molecule has 1 amide bonds. The quantitative estimate of drug-likeness (QED) is 0.438. The van der Waals surface area contributed by atoms with Crippen molar-refractivity contribution in [3.63, 3.8) is 0 Å². The Morgan fingerprint density at radius 2 is 2.07 bits per heavy atom. The molecule has 0 saturated carbocycles. The van der Waals surface area contributed by atoms with Crippen LogP contribution in [-0.4, -0.2) is 48.9 Å². The molecule has 0 radical (unpaired) electrons. The number of anilines is 1. The summed E-state index contributed by atoms with van der Waals surface area (Å²) in [6, 6.07) is 15.9. The minimum atomic E-state index is 0.0143. The summed E-state index contributed by atoms with van der Waals surface area (Å²) in [5, 5.41) is 3.70. The maximum Gasteiger partial charge on any atom is 0.230 e. The van der Waals surface area contributed by atoms with Gasteiger partial charge in [-0.15, -0.1) is 0 Å². The second-order valence-electron chi connectivity index (χ2n) is 6.17. The number of ether oxygens (including phenoxy) is 1. The molecular formula is C20H24N4O2S. The van der Waals surface area contributed by atoms with Gasteiger partial charge in [-0.3, -0.25) is 4.79 Å². The molecule has 142 valence electrons. The molecule has 0 aliphatic rings. The highest BCUT2D eigenvalue weighted by Gasteiger charge is 2.08. The van der Waals surface area contributed by atoms with Gasteiger partial charge in [0, 0.05) is 31.9 Å². The summed E-state index contributed by atoms with van der Waals surface area (Å²) in [6.45, 7) is 1.55. The van der Waals surface area contributed by atoms with E-state index in [1.807, 2.05) is 36.4 Å². The van der Waals surface area contributed by atoms with Crippen LogP contribution < -0.4 is 15.0 Å². The van der Waals surface area contributed by atoms with E-state index < -0.39 is 0 Å². The third kappa shape index (κ3) is 5.40. The van der Waals surface area contributed by atoms with E-state index in [0.29, 0.717) is 12.3 Å². The Hall–Kier alpha value is -2.67. The van der Waals surface area contributed by atoms with Crippen LogP contribution in [-0.2, 0) is 4.79 Å². The van der Waals surface area contributed by atoms with Crippen molar-refractivity contribution in [2.24, 2.45) is 0 Å². The van der Waals surface area contributed by atoms with Crippen molar-refractivity contribution in [3.8, 4) is 5.75 Å². The number of H-pyrrole nitrogens is 1. The second kappa shape index (κ2) is 9.32. The van der Waals surface area contributed by atoms with E-state index in [2.05, 4.69) is 39.4 Å². The Morgan fingerprint density at radius 1 is 1.26 bits per heavy atom. The zero-order chi connectivity index (χ0) is 19.1. The number of nitrogens with one attached hydrogen (secondary N) is 2. The Kier molecular flexibility index (Phi) is 6.59. The molecule has 1 aromatic heterocycles. The number of carbonyl (C=O) groups is 1. The first-order chi connectivity index (χ1) is 13.2. The summed E-state index contributed by atoms with van der Waals surface area (Å²) in [4.78, 5) is 21.9. The number of fused-ring (bicyclic) bond motifs is 1. The van der Waals surface area contributed by atoms with Gasteiger partial charge in [0.1, 0.15) is 5.75 Å². The van der Waals surface area contributed by atoms with Crippen molar-refractivity contribution in [2.75, 3.05) is 37.9 Å². The molecule has 0 saturated heterocycles. The van der Waals surface area contributed by atoms with Gasteiger partial charge in [0.15, 0.2) is 5.16 Å². The molecular weight excluding hydrogens is 360 g/mol. The fraction of sp³-hybridized carbons (Fsp3) is 0.300. The molecule has 0 unspecified atom stereocenters. The Labute approximate surface area is 163 Å². The van der Waals surface area contributed by atoms with Gasteiger partial charge in [-0.2, -0.15) is 0 Å². The zero-order valence-corrected chi connectivity index (χ0v) is 16.4. The molecule has 0 bridgehead atoms. The largest absolute Gasteiger partial charge is 0.497 e. The fourth-order valence-electron chi connectivity index (χ4n) is 2.70. The van der Waals surface area contributed by atoms with Crippen LogP contribution in [0.5, 0.6) is 5.75 Å². The van der Waals surface area contributed by atoms with Gasteiger partial charge in [-0.25, -0.2) is 4.98 Å².